The topological polar surface area (TPSA) is 58.4 Å². The van der Waals surface area contributed by atoms with E-state index in [2.05, 4.69) is 22.0 Å². The predicted octanol–water partition coefficient (Wildman–Crippen LogP) is 2.42. The summed E-state index contributed by atoms with van der Waals surface area (Å²) in [5, 5.41) is 0.632. The molecule has 3 heterocycles. The van der Waals surface area contributed by atoms with Crippen molar-refractivity contribution < 1.29 is 4.79 Å². The SMILES string of the molecule is Cc1cc(C)c2c(=O)n(CC(=O)N3CCN(c4ccccc4)CC3)sc2n1. The summed E-state index contributed by atoms with van der Waals surface area (Å²) < 4.78 is 1.54. The standard InChI is InChI=1S/C20H22N4O2S/c1-14-12-15(2)21-19-18(14)20(26)24(27-19)13-17(25)23-10-8-22(9-11-23)16-6-4-3-5-7-16/h3-7,12H,8-11,13H2,1-2H3. The number of rotatable bonds is 3. The fourth-order valence-corrected chi connectivity index (χ4v) is 4.66. The van der Waals surface area contributed by atoms with Gasteiger partial charge in [-0.1, -0.05) is 18.2 Å². The smallest absolute Gasteiger partial charge is 0.270 e. The summed E-state index contributed by atoms with van der Waals surface area (Å²) in [6.07, 6.45) is 0. The molecule has 1 aliphatic rings. The van der Waals surface area contributed by atoms with Crippen LogP contribution in [0.1, 0.15) is 11.3 Å². The van der Waals surface area contributed by atoms with Crippen LogP contribution in [0, 0.1) is 13.8 Å². The minimum absolute atomic E-state index is 0.00857. The molecule has 0 radical (unpaired) electrons. The lowest BCUT2D eigenvalue weighted by Crippen LogP contribution is -2.49. The van der Waals surface area contributed by atoms with Gasteiger partial charge in [-0.15, -0.1) is 0 Å². The van der Waals surface area contributed by atoms with Gasteiger partial charge in [0.05, 0.1) is 5.39 Å². The highest BCUT2D eigenvalue weighted by atomic mass is 32.1. The van der Waals surface area contributed by atoms with Crippen molar-refractivity contribution in [3.63, 3.8) is 0 Å². The Labute approximate surface area is 161 Å². The van der Waals surface area contributed by atoms with Crippen LogP contribution in [0.15, 0.2) is 41.2 Å². The molecule has 0 N–H and O–H groups in total. The second kappa shape index (κ2) is 7.15. The minimum atomic E-state index is -0.115. The van der Waals surface area contributed by atoms with E-state index >= 15 is 0 Å². The number of aryl methyl sites for hydroxylation is 2. The molecule has 3 aromatic rings. The highest BCUT2D eigenvalue weighted by Gasteiger charge is 2.23. The summed E-state index contributed by atoms with van der Waals surface area (Å²) in [6, 6.07) is 12.1. The van der Waals surface area contributed by atoms with Crippen LogP contribution in [0.4, 0.5) is 5.69 Å². The molecule has 1 aliphatic heterocycles. The zero-order valence-electron chi connectivity index (χ0n) is 15.5. The zero-order chi connectivity index (χ0) is 19.0. The molecule has 0 aliphatic carbocycles. The van der Waals surface area contributed by atoms with Crippen molar-refractivity contribution in [1.82, 2.24) is 13.8 Å². The lowest BCUT2D eigenvalue weighted by molar-refractivity contribution is -0.132. The molecule has 1 aromatic carbocycles. The largest absolute Gasteiger partial charge is 0.368 e. The van der Waals surface area contributed by atoms with E-state index < -0.39 is 0 Å². The van der Waals surface area contributed by atoms with E-state index in [0.29, 0.717) is 23.3 Å². The molecule has 1 saturated heterocycles. The third-order valence-corrected chi connectivity index (χ3v) is 5.96. The summed E-state index contributed by atoms with van der Waals surface area (Å²) >= 11 is 1.28. The molecule has 0 bridgehead atoms. The molecule has 4 rings (SSSR count). The first-order valence-electron chi connectivity index (χ1n) is 9.09. The monoisotopic (exact) mass is 382 g/mol. The molecule has 140 valence electrons. The number of hydrogen-bond donors (Lipinski definition) is 0. The van der Waals surface area contributed by atoms with Crippen LogP contribution in [-0.4, -0.2) is 45.9 Å². The number of pyridine rings is 1. The Hall–Kier alpha value is -2.67. The number of fused-ring (bicyclic) bond motifs is 1. The fraction of sp³-hybridized carbons (Fsp3) is 0.350. The van der Waals surface area contributed by atoms with Crippen molar-refractivity contribution in [2.24, 2.45) is 0 Å². The number of carbonyl (C=O) groups is 1. The summed E-state index contributed by atoms with van der Waals surface area (Å²) in [5.41, 5.74) is 2.87. The van der Waals surface area contributed by atoms with E-state index in [-0.39, 0.29) is 18.0 Å². The van der Waals surface area contributed by atoms with Crippen molar-refractivity contribution in [3.05, 3.63) is 58.0 Å². The zero-order valence-corrected chi connectivity index (χ0v) is 16.3. The maximum absolute atomic E-state index is 12.7. The van der Waals surface area contributed by atoms with Crippen LogP contribution in [-0.2, 0) is 11.3 Å². The van der Waals surface area contributed by atoms with Crippen molar-refractivity contribution in [3.8, 4) is 0 Å². The average molecular weight is 382 g/mol. The molecule has 0 unspecified atom stereocenters. The molecule has 2 aromatic heterocycles. The summed E-state index contributed by atoms with van der Waals surface area (Å²) in [4.78, 5) is 34.7. The van der Waals surface area contributed by atoms with E-state index in [9.17, 15) is 9.59 Å². The number of piperazine rings is 1. The van der Waals surface area contributed by atoms with Gasteiger partial charge in [0, 0.05) is 37.6 Å². The molecular formula is C20H22N4O2S. The first-order valence-corrected chi connectivity index (χ1v) is 9.86. The van der Waals surface area contributed by atoms with Crippen molar-refractivity contribution in [1.29, 1.82) is 0 Å². The van der Waals surface area contributed by atoms with Crippen LogP contribution < -0.4 is 10.5 Å². The number of benzene rings is 1. The molecule has 1 amide bonds. The Kier molecular flexibility index (Phi) is 4.70. The summed E-state index contributed by atoms with van der Waals surface area (Å²) in [7, 11) is 0. The lowest BCUT2D eigenvalue weighted by atomic mass is 10.2. The van der Waals surface area contributed by atoms with Gasteiger partial charge in [-0.2, -0.15) is 0 Å². The number of anilines is 1. The first kappa shape index (κ1) is 17.7. The van der Waals surface area contributed by atoms with Gasteiger partial charge in [0.25, 0.3) is 5.56 Å². The Balaban J connectivity index is 1.46. The van der Waals surface area contributed by atoms with Gasteiger partial charge in [-0.3, -0.25) is 13.5 Å². The highest BCUT2D eigenvalue weighted by molar-refractivity contribution is 7.13. The van der Waals surface area contributed by atoms with E-state index in [4.69, 9.17) is 0 Å². The number of para-hydroxylation sites is 1. The number of carbonyl (C=O) groups excluding carboxylic acids is 1. The number of aromatic nitrogens is 2. The minimum Gasteiger partial charge on any atom is -0.368 e. The van der Waals surface area contributed by atoms with Gasteiger partial charge in [-0.25, -0.2) is 4.98 Å². The van der Waals surface area contributed by atoms with Crippen LogP contribution in [0.25, 0.3) is 10.2 Å². The van der Waals surface area contributed by atoms with Crippen LogP contribution in [0.2, 0.25) is 0 Å². The van der Waals surface area contributed by atoms with Gasteiger partial charge >= 0.3 is 0 Å². The Bertz CT molecular complexity index is 1030. The Morgan fingerprint density at radius 2 is 1.81 bits per heavy atom. The maximum Gasteiger partial charge on any atom is 0.270 e. The van der Waals surface area contributed by atoms with E-state index in [1.807, 2.05) is 43.0 Å². The van der Waals surface area contributed by atoms with E-state index in [1.165, 1.54) is 21.2 Å². The van der Waals surface area contributed by atoms with Gasteiger partial charge < -0.3 is 9.80 Å². The normalized spacial score (nSPS) is 14.7. The number of hydrogen-bond acceptors (Lipinski definition) is 5. The molecule has 0 atom stereocenters. The quantitative estimate of drug-likeness (QED) is 0.698. The first-order chi connectivity index (χ1) is 13.0. The van der Waals surface area contributed by atoms with Gasteiger partial charge in [-0.05, 0) is 49.1 Å². The Morgan fingerprint density at radius 3 is 2.52 bits per heavy atom. The van der Waals surface area contributed by atoms with Gasteiger partial charge in [0.15, 0.2) is 0 Å². The number of nitrogens with zero attached hydrogens (tertiary/aromatic N) is 4. The summed E-state index contributed by atoms with van der Waals surface area (Å²) in [5.74, 6) is -0.00857. The van der Waals surface area contributed by atoms with E-state index in [0.717, 1.165) is 24.3 Å². The van der Waals surface area contributed by atoms with E-state index in [1.54, 1.807) is 0 Å². The van der Waals surface area contributed by atoms with Gasteiger partial charge in [0.1, 0.15) is 11.4 Å². The average Bonchev–Trinajstić information content (AvgIpc) is 2.98. The molecule has 6 nitrogen and oxygen atoms in total. The van der Waals surface area contributed by atoms with Crippen molar-refractivity contribution in [2.45, 2.75) is 20.4 Å². The molecule has 0 spiro atoms. The number of amides is 1. The van der Waals surface area contributed by atoms with Crippen molar-refractivity contribution in [2.75, 3.05) is 31.1 Å². The second-order valence-electron chi connectivity index (χ2n) is 6.90. The van der Waals surface area contributed by atoms with Gasteiger partial charge in [0.2, 0.25) is 5.91 Å². The van der Waals surface area contributed by atoms with Crippen LogP contribution >= 0.6 is 11.5 Å². The molecule has 27 heavy (non-hydrogen) atoms. The lowest BCUT2D eigenvalue weighted by Gasteiger charge is -2.36. The Morgan fingerprint density at radius 1 is 1.11 bits per heavy atom. The molecule has 0 saturated carbocycles. The third kappa shape index (κ3) is 3.47. The van der Waals surface area contributed by atoms with Crippen LogP contribution in [0.3, 0.4) is 0 Å². The predicted molar refractivity (Wildman–Crippen MR) is 109 cm³/mol. The molecular weight excluding hydrogens is 360 g/mol. The van der Waals surface area contributed by atoms with Crippen molar-refractivity contribution >= 4 is 33.3 Å². The summed E-state index contributed by atoms with van der Waals surface area (Å²) in [6.45, 7) is 6.86. The second-order valence-corrected chi connectivity index (χ2v) is 7.91. The maximum atomic E-state index is 12.7. The van der Waals surface area contributed by atoms with Crippen LogP contribution in [0.5, 0.6) is 0 Å². The highest BCUT2D eigenvalue weighted by Crippen LogP contribution is 2.20. The molecule has 7 heteroatoms. The fourth-order valence-electron chi connectivity index (χ4n) is 3.58. The molecule has 1 fully saturated rings. The third-order valence-electron chi connectivity index (χ3n) is 4.98.